The van der Waals surface area contributed by atoms with Gasteiger partial charge in [-0.1, -0.05) is 5.10 Å². The number of tetrazole rings is 1. The summed E-state index contributed by atoms with van der Waals surface area (Å²) in [4.78, 5) is 11.2. The van der Waals surface area contributed by atoms with Gasteiger partial charge < -0.3 is 9.84 Å². The van der Waals surface area contributed by atoms with Crippen LogP contribution in [-0.4, -0.2) is 44.5 Å². The number of aliphatic hydroxyl groups is 1. The van der Waals surface area contributed by atoms with E-state index in [2.05, 4.69) is 30.4 Å². The van der Waals surface area contributed by atoms with E-state index in [-0.39, 0.29) is 6.61 Å². The molecule has 1 aromatic rings. The highest BCUT2D eigenvalue weighted by molar-refractivity contribution is 5.88. The minimum Gasteiger partial charge on any atom is -0.502 e. The summed E-state index contributed by atoms with van der Waals surface area (Å²) in [7, 11) is 0. The van der Waals surface area contributed by atoms with Crippen molar-refractivity contribution in [3.63, 3.8) is 0 Å². The second-order valence-electron chi connectivity index (χ2n) is 2.83. The Balaban J connectivity index is 3.10. The van der Waals surface area contributed by atoms with E-state index in [0.717, 1.165) is 0 Å². The van der Waals surface area contributed by atoms with Crippen LogP contribution in [0.5, 0.6) is 0 Å². The number of azo groups is 1. The van der Waals surface area contributed by atoms with Gasteiger partial charge in [0.05, 0.1) is 6.61 Å². The molecule has 0 fully saturated rings. The smallest absolute Gasteiger partial charge is 0.451 e. The minimum absolute atomic E-state index is 0.203. The molecule has 1 heterocycles. The van der Waals surface area contributed by atoms with E-state index in [4.69, 9.17) is 5.11 Å². The second-order valence-corrected chi connectivity index (χ2v) is 2.83. The Kier molecular flexibility index (Phi) is 4.50. The minimum atomic E-state index is -5.17. The molecular weight excluding hydrogens is 273 g/mol. The van der Waals surface area contributed by atoms with E-state index in [1.807, 2.05) is 5.21 Å². The molecule has 0 aromatic carbocycles. The highest BCUT2D eigenvalue weighted by Gasteiger charge is 2.39. The van der Waals surface area contributed by atoms with E-state index in [1.165, 1.54) is 6.92 Å². The molecule has 0 spiro atoms. The number of rotatable bonds is 4. The van der Waals surface area contributed by atoms with Crippen molar-refractivity contribution in [3.05, 3.63) is 11.5 Å². The molecule has 0 unspecified atom stereocenters. The van der Waals surface area contributed by atoms with Crippen LogP contribution >= 0.6 is 0 Å². The molecule has 0 atom stereocenters. The van der Waals surface area contributed by atoms with Crippen molar-refractivity contribution in [2.75, 3.05) is 6.61 Å². The van der Waals surface area contributed by atoms with E-state index in [9.17, 15) is 18.0 Å². The summed E-state index contributed by atoms with van der Waals surface area (Å²) in [6.07, 6.45) is -5.17. The maximum Gasteiger partial charge on any atom is 0.451 e. The SMILES string of the molecule is CCOC(=O)/C(N=Nc1nn[nH]n1)=C(/O)C(F)(F)F. The Bertz CT molecular complexity index is 495. The Morgan fingerprint density at radius 1 is 1.53 bits per heavy atom. The number of halogens is 3. The molecule has 0 saturated heterocycles. The van der Waals surface area contributed by atoms with Gasteiger partial charge in [0.25, 0.3) is 0 Å². The van der Waals surface area contributed by atoms with Crippen LogP contribution < -0.4 is 0 Å². The first-order valence-corrected chi connectivity index (χ1v) is 4.69. The Morgan fingerprint density at radius 2 is 2.21 bits per heavy atom. The summed E-state index contributed by atoms with van der Waals surface area (Å²) < 4.78 is 41.2. The zero-order valence-corrected chi connectivity index (χ0v) is 9.34. The van der Waals surface area contributed by atoms with Gasteiger partial charge in [-0.15, -0.1) is 15.3 Å². The number of ether oxygens (including phenoxy) is 1. The molecule has 19 heavy (non-hydrogen) atoms. The summed E-state index contributed by atoms with van der Waals surface area (Å²) in [6, 6.07) is 0. The van der Waals surface area contributed by atoms with Gasteiger partial charge in [0.15, 0.2) is 0 Å². The standard InChI is InChI=1S/C7H7F3N6O3/c1-2-19-5(18)3(4(17)7(8,9)10)11-12-6-13-15-16-14-6/h17H,2H2,1H3,(H,13,14,15,16)/b4-3-,12-11?. The van der Waals surface area contributed by atoms with Crippen LogP contribution in [0.2, 0.25) is 0 Å². The first-order chi connectivity index (χ1) is 8.86. The highest BCUT2D eigenvalue weighted by Crippen LogP contribution is 2.27. The maximum absolute atomic E-state index is 12.3. The number of carbonyl (C=O) groups excluding carboxylic acids is 1. The van der Waals surface area contributed by atoms with Crippen molar-refractivity contribution >= 4 is 11.9 Å². The Morgan fingerprint density at radius 3 is 2.68 bits per heavy atom. The summed E-state index contributed by atoms with van der Waals surface area (Å²) in [6.45, 7) is 1.17. The topological polar surface area (TPSA) is 126 Å². The molecule has 0 amide bonds. The average Bonchev–Trinajstić information content (AvgIpc) is 2.81. The molecule has 0 aliphatic rings. The van der Waals surface area contributed by atoms with Crippen LogP contribution in [0.1, 0.15) is 6.92 Å². The average molecular weight is 280 g/mol. The van der Waals surface area contributed by atoms with Gasteiger partial charge in [0.1, 0.15) is 0 Å². The number of esters is 1. The third kappa shape index (κ3) is 4.01. The van der Waals surface area contributed by atoms with E-state index < -0.39 is 29.6 Å². The number of aromatic amines is 1. The Hall–Kier alpha value is -2.53. The van der Waals surface area contributed by atoms with Crippen molar-refractivity contribution < 1.29 is 27.8 Å². The lowest BCUT2D eigenvalue weighted by Crippen LogP contribution is -2.18. The number of allylic oxidation sites excluding steroid dienone is 1. The van der Waals surface area contributed by atoms with Gasteiger partial charge in [0.2, 0.25) is 11.5 Å². The van der Waals surface area contributed by atoms with Crippen molar-refractivity contribution in [1.29, 1.82) is 0 Å². The van der Waals surface area contributed by atoms with Crippen molar-refractivity contribution in [2.24, 2.45) is 10.2 Å². The molecule has 0 aliphatic heterocycles. The molecular formula is C7H7F3N6O3. The van der Waals surface area contributed by atoms with Gasteiger partial charge >= 0.3 is 18.1 Å². The van der Waals surface area contributed by atoms with Crippen molar-refractivity contribution in [3.8, 4) is 0 Å². The first kappa shape index (κ1) is 14.5. The monoisotopic (exact) mass is 280 g/mol. The van der Waals surface area contributed by atoms with Crippen molar-refractivity contribution in [2.45, 2.75) is 13.1 Å². The summed E-state index contributed by atoms with van der Waals surface area (Å²) in [5.41, 5.74) is -1.40. The van der Waals surface area contributed by atoms with Crippen LogP contribution in [0.25, 0.3) is 0 Å². The molecule has 1 aromatic heterocycles. The second kappa shape index (κ2) is 5.88. The van der Waals surface area contributed by atoms with Crippen LogP contribution in [0.3, 0.4) is 0 Å². The Labute approximate surface area is 103 Å². The third-order valence-electron chi connectivity index (χ3n) is 1.54. The molecule has 9 nitrogen and oxygen atoms in total. The number of hydrogen-bond acceptors (Lipinski definition) is 8. The van der Waals surface area contributed by atoms with E-state index in [1.54, 1.807) is 0 Å². The number of hydrogen-bond donors (Lipinski definition) is 2. The number of aromatic nitrogens is 4. The quantitative estimate of drug-likeness (QED) is 0.369. The lowest BCUT2D eigenvalue weighted by Gasteiger charge is -2.07. The van der Waals surface area contributed by atoms with Crippen LogP contribution in [0.15, 0.2) is 21.7 Å². The van der Waals surface area contributed by atoms with Gasteiger partial charge in [-0.2, -0.15) is 18.4 Å². The summed E-state index contributed by atoms with van der Waals surface area (Å²) >= 11 is 0. The molecule has 0 radical (unpaired) electrons. The molecule has 104 valence electrons. The fourth-order valence-electron chi connectivity index (χ4n) is 0.812. The number of nitrogens with zero attached hydrogens (tertiary/aromatic N) is 5. The van der Waals surface area contributed by atoms with Crippen LogP contribution in [0, 0.1) is 0 Å². The molecule has 0 bridgehead atoms. The highest BCUT2D eigenvalue weighted by atomic mass is 19.4. The zero-order valence-electron chi connectivity index (χ0n) is 9.34. The van der Waals surface area contributed by atoms with Crippen LogP contribution in [-0.2, 0) is 9.53 Å². The molecule has 2 N–H and O–H groups in total. The van der Waals surface area contributed by atoms with Gasteiger partial charge in [-0.3, -0.25) is 0 Å². The maximum atomic E-state index is 12.3. The fourth-order valence-corrected chi connectivity index (χ4v) is 0.812. The lowest BCUT2D eigenvalue weighted by molar-refractivity contribution is -0.143. The van der Waals surface area contributed by atoms with Gasteiger partial charge in [-0.25, -0.2) is 4.79 Å². The summed E-state index contributed by atoms with van der Waals surface area (Å²) in [5.74, 6) is -4.13. The predicted molar refractivity (Wildman–Crippen MR) is 51.0 cm³/mol. The largest absolute Gasteiger partial charge is 0.502 e. The fraction of sp³-hybridized carbons (Fsp3) is 0.429. The number of carbonyl (C=O) groups is 1. The number of nitrogens with one attached hydrogen (secondary N) is 1. The van der Waals surface area contributed by atoms with E-state index >= 15 is 0 Å². The third-order valence-corrected chi connectivity index (χ3v) is 1.54. The van der Waals surface area contributed by atoms with Gasteiger partial charge in [-0.05, 0) is 12.1 Å². The zero-order chi connectivity index (χ0) is 14.5. The molecule has 1 rings (SSSR count). The lowest BCUT2D eigenvalue weighted by atomic mass is 10.3. The molecule has 12 heteroatoms. The van der Waals surface area contributed by atoms with Gasteiger partial charge in [0, 0.05) is 0 Å². The molecule has 0 saturated carbocycles. The van der Waals surface area contributed by atoms with E-state index in [0.29, 0.717) is 0 Å². The molecule has 0 aliphatic carbocycles. The van der Waals surface area contributed by atoms with Crippen molar-refractivity contribution in [1.82, 2.24) is 20.6 Å². The first-order valence-electron chi connectivity index (χ1n) is 4.69. The number of H-pyrrole nitrogens is 1. The van der Waals surface area contributed by atoms with Crippen LogP contribution in [0.4, 0.5) is 19.1 Å². The summed E-state index contributed by atoms with van der Waals surface area (Å²) in [5, 5.41) is 26.5. The number of aliphatic hydroxyl groups excluding tert-OH is 1. The number of alkyl halides is 3. The predicted octanol–water partition coefficient (Wildman–Crippen LogP) is 1.18. The normalized spacial score (nSPS) is 13.5.